The van der Waals surface area contributed by atoms with Crippen molar-refractivity contribution in [2.75, 3.05) is 24.3 Å². The predicted octanol–water partition coefficient (Wildman–Crippen LogP) is 4.48. The monoisotopic (exact) mass is 386 g/mol. The molecule has 1 aromatic carbocycles. The van der Waals surface area contributed by atoms with Gasteiger partial charge in [-0.25, -0.2) is 9.78 Å². The number of para-hydroxylation sites is 1. The summed E-state index contributed by atoms with van der Waals surface area (Å²) in [5.74, 6) is 0.552. The number of aryl methyl sites for hydroxylation is 1. The number of carbonyl (C=O) groups excluding carboxylic acids is 1. The zero-order valence-electron chi connectivity index (χ0n) is 17.7. The Morgan fingerprint density at radius 2 is 1.75 bits per heavy atom. The first-order valence-electron chi connectivity index (χ1n) is 9.36. The highest BCUT2D eigenvalue weighted by atomic mass is 16.6. The van der Waals surface area contributed by atoms with Crippen molar-refractivity contribution in [3.8, 4) is 5.88 Å². The van der Waals surface area contributed by atoms with Crippen LogP contribution in [0, 0.1) is 0 Å². The van der Waals surface area contributed by atoms with E-state index in [1.54, 1.807) is 27.9 Å². The van der Waals surface area contributed by atoms with Crippen LogP contribution in [-0.2, 0) is 7.05 Å². The van der Waals surface area contributed by atoms with Crippen molar-refractivity contribution in [1.82, 2.24) is 19.5 Å². The lowest BCUT2D eigenvalue weighted by Gasteiger charge is -2.12. The van der Waals surface area contributed by atoms with E-state index in [1.165, 1.54) is 6.42 Å². The molecule has 8 heteroatoms. The third kappa shape index (κ3) is 6.22. The summed E-state index contributed by atoms with van der Waals surface area (Å²) in [4.78, 5) is 26.6. The van der Waals surface area contributed by atoms with Crippen molar-refractivity contribution in [1.29, 1.82) is 0 Å². The number of anilines is 2. The van der Waals surface area contributed by atoms with Gasteiger partial charge in [-0.2, -0.15) is 9.97 Å². The minimum atomic E-state index is -0.633. The van der Waals surface area contributed by atoms with Crippen LogP contribution in [0.5, 0.6) is 5.88 Å². The Morgan fingerprint density at radius 3 is 2.32 bits per heavy atom. The second kappa shape index (κ2) is 11.5. The molecule has 0 radical (unpaired) electrons. The lowest BCUT2D eigenvalue weighted by atomic mass is 10.3. The van der Waals surface area contributed by atoms with Crippen molar-refractivity contribution < 1.29 is 9.53 Å². The molecule has 0 saturated heterocycles. The second-order valence-corrected chi connectivity index (χ2v) is 5.84. The maximum atomic E-state index is 12.1. The number of nitrogens with one attached hydrogen (secondary N) is 1. The first-order valence-corrected chi connectivity index (χ1v) is 9.36. The van der Waals surface area contributed by atoms with Crippen molar-refractivity contribution in [2.24, 2.45) is 7.05 Å². The minimum absolute atomic E-state index is 0.118. The fourth-order valence-electron chi connectivity index (χ4n) is 1.99. The van der Waals surface area contributed by atoms with Crippen LogP contribution >= 0.6 is 0 Å². The van der Waals surface area contributed by atoms with Crippen LogP contribution in [0.2, 0.25) is 0 Å². The predicted molar refractivity (Wildman–Crippen MR) is 114 cm³/mol. The number of amides is 1. The maximum Gasteiger partial charge on any atom is 0.418 e. The molecule has 152 valence electrons. The summed E-state index contributed by atoms with van der Waals surface area (Å²) in [6.45, 7) is 8.25. The molecule has 2 aromatic heterocycles. The highest BCUT2D eigenvalue weighted by Gasteiger charge is 2.17. The molecule has 0 aliphatic rings. The minimum Gasteiger partial charge on any atom is -0.388 e. The van der Waals surface area contributed by atoms with E-state index in [-0.39, 0.29) is 5.88 Å². The molecule has 0 atom stereocenters. The average molecular weight is 387 g/mol. The highest BCUT2D eigenvalue weighted by molar-refractivity contribution is 5.88. The zero-order valence-corrected chi connectivity index (χ0v) is 17.7. The van der Waals surface area contributed by atoms with Crippen molar-refractivity contribution >= 4 is 28.9 Å². The normalized spacial score (nSPS) is 9.54. The van der Waals surface area contributed by atoms with E-state index in [9.17, 15) is 4.79 Å². The van der Waals surface area contributed by atoms with Crippen molar-refractivity contribution in [3.05, 3.63) is 36.7 Å². The lowest BCUT2D eigenvalue weighted by Crippen LogP contribution is -2.19. The number of rotatable bonds is 3. The van der Waals surface area contributed by atoms with E-state index in [2.05, 4.69) is 34.1 Å². The van der Waals surface area contributed by atoms with Gasteiger partial charge in [-0.15, -0.1) is 0 Å². The molecule has 0 aliphatic heterocycles. The third-order valence-electron chi connectivity index (χ3n) is 3.13. The SMILES string of the molecule is CC.CCC.CN(C)c1nc(OC(=O)Nc2ccccc2)c2ncn(C)c2n1. The second-order valence-electron chi connectivity index (χ2n) is 5.84. The Bertz CT molecular complexity index is 862. The molecule has 1 amide bonds. The molecular formula is C20H30N6O2. The van der Waals surface area contributed by atoms with Gasteiger partial charge in [0, 0.05) is 26.8 Å². The van der Waals surface area contributed by atoms with Gasteiger partial charge in [0.15, 0.2) is 11.2 Å². The van der Waals surface area contributed by atoms with Gasteiger partial charge in [0.25, 0.3) is 5.88 Å². The maximum absolute atomic E-state index is 12.1. The number of hydrogen-bond acceptors (Lipinski definition) is 6. The first-order chi connectivity index (χ1) is 13.5. The molecule has 0 fully saturated rings. The molecule has 0 aliphatic carbocycles. The Hall–Kier alpha value is -3.16. The number of ether oxygens (including phenoxy) is 1. The largest absolute Gasteiger partial charge is 0.418 e. The Balaban J connectivity index is 0.000000717. The summed E-state index contributed by atoms with van der Waals surface area (Å²) >= 11 is 0. The van der Waals surface area contributed by atoms with Crippen LogP contribution < -0.4 is 15.0 Å². The van der Waals surface area contributed by atoms with Gasteiger partial charge in [-0.3, -0.25) is 5.32 Å². The van der Waals surface area contributed by atoms with E-state index in [0.29, 0.717) is 22.8 Å². The molecule has 2 heterocycles. The number of aromatic nitrogens is 4. The quantitative estimate of drug-likeness (QED) is 0.714. The summed E-state index contributed by atoms with van der Waals surface area (Å²) in [5, 5.41) is 2.64. The number of hydrogen-bond donors (Lipinski definition) is 1. The van der Waals surface area contributed by atoms with Gasteiger partial charge < -0.3 is 14.2 Å². The van der Waals surface area contributed by atoms with Gasteiger partial charge in [0.1, 0.15) is 0 Å². The topological polar surface area (TPSA) is 85.2 Å². The van der Waals surface area contributed by atoms with E-state index in [1.807, 2.05) is 53.2 Å². The molecule has 8 nitrogen and oxygen atoms in total. The third-order valence-corrected chi connectivity index (χ3v) is 3.13. The summed E-state index contributed by atoms with van der Waals surface area (Å²) in [6, 6.07) is 9.04. The summed E-state index contributed by atoms with van der Waals surface area (Å²) in [7, 11) is 5.44. The Labute approximate surface area is 166 Å². The van der Waals surface area contributed by atoms with Crippen LogP contribution in [0.3, 0.4) is 0 Å². The number of nitrogens with zero attached hydrogens (tertiary/aromatic N) is 5. The molecule has 28 heavy (non-hydrogen) atoms. The van der Waals surface area contributed by atoms with E-state index in [4.69, 9.17) is 4.74 Å². The first kappa shape index (κ1) is 22.9. The number of imidazole rings is 1. The van der Waals surface area contributed by atoms with Crippen LogP contribution in [0.25, 0.3) is 11.2 Å². The summed E-state index contributed by atoms with van der Waals surface area (Å²) < 4.78 is 7.07. The van der Waals surface area contributed by atoms with Gasteiger partial charge in [-0.1, -0.05) is 52.3 Å². The number of carbonyl (C=O) groups is 1. The van der Waals surface area contributed by atoms with Gasteiger partial charge in [-0.05, 0) is 12.1 Å². The van der Waals surface area contributed by atoms with Crippen molar-refractivity contribution in [3.63, 3.8) is 0 Å². The van der Waals surface area contributed by atoms with E-state index in [0.717, 1.165) is 0 Å². The molecular weight excluding hydrogens is 356 g/mol. The smallest absolute Gasteiger partial charge is 0.388 e. The molecule has 3 aromatic rings. The molecule has 3 rings (SSSR count). The van der Waals surface area contributed by atoms with Crippen molar-refractivity contribution in [2.45, 2.75) is 34.1 Å². The van der Waals surface area contributed by atoms with E-state index < -0.39 is 6.09 Å². The zero-order chi connectivity index (χ0) is 21.1. The summed E-state index contributed by atoms with van der Waals surface area (Å²) in [5.41, 5.74) is 1.66. The molecule has 0 bridgehead atoms. The molecule has 0 spiro atoms. The van der Waals surface area contributed by atoms with E-state index >= 15 is 0 Å². The van der Waals surface area contributed by atoms with Gasteiger partial charge in [0.05, 0.1) is 6.33 Å². The molecule has 0 saturated carbocycles. The van der Waals surface area contributed by atoms with Crippen LogP contribution in [0.1, 0.15) is 34.1 Å². The highest BCUT2D eigenvalue weighted by Crippen LogP contribution is 2.23. The van der Waals surface area contributed by atoms with Gasteiger partial charge >= 0.3 is 6.09 Å². The molecule has 0 unspecified atom stereocenters. The Kier molecular flexibility index (Phi) is 9.42. The molecule has 1 N–H and O–H groups in total. The fourth-order valence-corrected chi connectivity index (χ4v) is 1.99. The summed E-state index contributed by atoms with van der Waals surface area (Å²) in [6.07, 6.45) is 2.22. The Morgan fingerprint density at radius 1 is 1.14 bits per heavy atom. The number of fused-ring (bicyclic) bond motifs is 1. The van der Waals surface area contributed by atoms with Gasteiger partial charge in [0.2, 0.25) is 5.95 Å². The standard InChI is InChI=1S/C15H16N6O2.C3H8.C2H6/c1-20(2)14-18-12-11(16-9-21(12)3)13(19-14)23-15(22)17-10-7-5-4-6-8-10;1-3-2;1-2/h4-9H,1-3H3,(H,17,22);3H2,1-2H3;1-2H3. The fraction of sp³-hybridized carbons (Fsp3) is 0.400. The van der Waals surface area contributed by atoms with Crippen LogP contribution in [-0.4, -0.2) is 39.7 Å². The van der Waals surface area contributed by atoms with Crippen LogP contribution in [0.4, 0.5) is 16.4 Å². The van der Waals surface area contributed by atoms with Crippen LogP contribution in [0.15, 0.2) is 36.7 Å². The average Bonchev–Trinajstić information content (AvgIpc) is 3.06. The lowest BCUT2D eigenvalue weighted by molar-refractivity contribution is 0.214. The number of benzene rings is 1.